The third kappa shape index (κ3) is 6.53. The fourth-order valence-electron chi connectivity index (χ4n) is 1.88. The monoisotopic (exact) mass is 280 g/mol. The first-order chi connectivity index (χ1) is 7.77. The van der Waals surface area contributed by atoms with Crippen LogP contribution in [0.1, 0.15) is 39.5 Å². The highest BCUT2D eigenvalue weighted by molar-refractivity contribution is 7.99. The van der Waals surface area contributed by atoms with Crippen LogP contribution >= 0.6 is 24.2 Å². The molecule has 1 rings (SSSR count). The largest absolute Gasteiger partial charge is 0.354 e. The molecule has 1 saturated heterocycles. The quantitative estimate of drug-likeness (QED) is 0.752. The van der Waals surface area contributed by atoms with Gasteiger partial charge in [-0.2, -0.15) is 0 Å². The maximum Gasteiger partial charge on any atom is 0.238 e. The van der Waals surface area contributed by atoms with Crippen molar-refractivity contribution in [3.05, 3.63) is 0 Å². The van der Waals surface area contributed by atoms with Crippen LogP contribution in [0.4, 0.5) is 0 Å². The molecule has 0 radical (unpaired) electrons. The molecule has 0 saturated carbocycles. The Morgan fingerprint density at radius 1 is 1.53 bits per heavy atom. The fraction of sp³-hybridized carbons (Fsp3) is 0.917. The highest BCUT2D eigenvalue weighted by Gasteiger charge is 2.22. The highest BCUT2D eigenvalue weighted by atomic mass is 35.5. The van der Waals surface area contributed by atoms with Crippen molar-refractivity contribution in [2.75, 3.05) is 18.2 Å². The summed E-state index contributed by atoms with van der Waals surface area (Å²) in [7, 11) is 0. The number of carbonyl (C=O) groups is 1. The van der Waals surface area contributed by atoms with Gasteiger partial charge in [0.15, 0.2) is 0 Å². The summed E-state index contributed by atoms with van der Waals surface area (Å²) in [5, 5.41) is 6.26. The number of rotatable bonds is 7. The van der Waals surface area contributed by atoms with Crippen LogP contribution < -0.4 is 10.6 Å². The number of amides is 1. The number of halogens is 1. The number of hydrogen-bond donors (Lipinski definition) is 2. The first-order valence-electron chi connectivity index (χ1n) is 6.36. The molecular weight excluding hydrogens is 256 g/mol. The van der Waals surface area contributed by atoms with E-state index in [9.17, 15) is 4.79 Å². The number of thioether (sulfide) groups is 1. The first-order valence-corrected chi connectivity index (χ1v) is 7.52. The molecule has 1 heterocycles. The molecule has 2 atom stereocenters. The Morgan fingerprint density at radius 3 is 2.82 bits per heavy atom. The van der Waals surface area contributed by atoms with Gasteiger partial charge in [0.25, 0.3) is 0 Å². The Labute approximate surface area is 115 Å². The van der Waals surface area contributed by atoms with Crippen molar-refractivity contribution >= 4 is 30.1 Å². The summed E-state index contributed by atoms with van der Waals surface area (Å²) in [6.07, 6.45) is 4.91. The SMILES string of the molecule is CCCCC(CC)CNC(=O)C1CSCN1.Cl. The van der Waals surface area contributed by atoms with Crippen molar-refractivity contribution in [1.82, 2.24) is 10.6 Å². The van der Waals surface area contributed by atoms with Crippen LogP contribution in [0, 0.1) is 5.92 Å². The van der Waals surface area contributed by atoms with E-state index in [1.54, 1.807) is 11.8 Å². The van der Waals surface area contributed by atoms with Gasteiger partial charge in [-0.3, -0.25) is 10.1 Å². The Balaban J connectivity index is 0.00000256. The van der Waals surface area contributed by atoms with Gasteiger partial charge in [0.05, 0.1) is 6.04 Å². The van der Waals surface area contributed by atoms with Crippen LogP contribution in [-0.4, -0.2) is 30.1 Å². The molecule has 0 aliphatic carbocycles. The van der Waals surface area contributed by atoms with E-state index in [2.05, 4.69) is 24.5 Å². The molecule has 0 bridgehead atoms. The van der Waals surface area contributed by atoms with Crippen LogP contribution in [0.5, 0.6) is 0 Å². The third-order valence-corrected chi connectivity index (χ3v) is 4.08. The molecule has 0 aromatic heterocycles. The minimum Gasteiger partial charge on any atom is -0.354 e. The lowest BCUT2D eigenvalue weighted by Crippen LogP contribution is -2.43. The lowest BCUT2D eigenvalue weighted by molar-refractivity contribution is -0.122. The summed E-state index contributed by atoms with van der Waals surface area (Å²) >= 11 is 1.79. The van der Waals surface area contributed by atoms with Crippen LogP contribution in [-0.2, 0) is 4.79 Å². The van der Waals surface area contributed by atoms with E-state index >= 15 is 0 Å². The number of hydrogen-bond acceptors (Lipinski definition) is 3. The Kier molecular flexibility index (Phi) is 10.1. The van der Waals surface area contributed by atoms with Crippen molar-refractivity contribution in [3.63, 3.8) is 0 Å². The summed E-state index contributed by atoms with van der Waals surface area (Å²) < 4.78 is 0. The molecular formula is C12H25ClN2OS. The lowest BCUT2D eigenvalue weighted by Gasteiger charge is -2.17. The second-order valence-corrected chi connectivity index (χ2v) is 5.46. The van der Waals surface area contributed by atoms with Crippen molar-refractivity contribution in [2.24, 2.45) is 5.92 Å². The van der Waals surface area contributed by atoms with Crippen molar-refractivity contribution in [2.45, 2.75) is 45.6 Å². The van der Waals surface area contributed by atoms with Gasteiger partial charge in [-0.25, -0.2) is 0 Å². The van der Waals surface area contributed by atoms with Crippen molar-refractivity contribution < 1.29 is 4.79 Å². The predicted octanol–water partition coefficient (Wildman–Crippen LogP) is 2.40. The van der Waals surface area contributed by atoms with Crippen LogP contribution in [0.2, 0.25) is 0 Å². The molecule has 1 aliphatic heterocycles. The van der Waals surface area contributed by atoms with Crippen molar-refractivity contribution in [3.8, 4) is 0 Å². The lowest BCUT2D eigenvalue weighted by atomic mass is 9.99. The second kappa shape index (κ2) is 10.0. The van der Waals surface area contributed by atoms with Gasteiger partial charge in [0.1, 0.15) is 0 Å². The summed E-state index contributed by atoms with van der Waals surface area (Å²) in [5.74, 6) is 2.65. The van der Waals surface area contributed by atoms with Gasteiger partial charge in [-0.15, -0.1) is 24.2 Å². The van der Waals surface area contributed by atoms with E-state index in [-0.39, 0.29) is 24.4 Å². The zero-order chi connectivity index (χ0) is 11.8. The van der Waals surface area contributed by atoms with E-state index in [0.29, 0.717) is 5.92 Å². The standard InChI is InChI=1S/C12H24N2OS.ClH/c1-3-5-6-10(4-2)7-13-12(15)11-8-16-9-14-11;/h10-11,14H,3-9H2,1-2H3,(H,13,15);1H. The van der Waals surface area contributed by atoms with Gasteiger partial charge in [-0.05, 0) is 12.3 Å². The second-order valence-electron chi connectivity index (χ2n) is 4.43. The van der Waals surface area contributed by atoms with E-state index in [4.69, 9.17) is 0 Å². The first kappa shape index (κ1) is 17.1. The highest BCUT2D eigenvalue weighted by Crippen LogP contribution is 2.12. The summed E-state index contributed by atoms with van der Waals surface area (Å²) in [4.78, 5) is 11.8. The van der Waals surface area contributed by atoms with Crippen LogP contribution in [0.15, 0.2) is 0 Å². The molecule has 3 nitrogen and oxygen atoms in total. The molecule has 102 valence electrons. The summed E-state index contributed by atoms with van der Waals surface area (Å²) in [6.45, 7) is 5.26. The van der Waals surface area contributed by atoms with E-state index < -0.39 is 0 Å². The minimum atomic E-state index is 0. The smallest absolute Gasteiger partial charge is 0.238 e. The maximum absolute atomic E-state index is 11.8. The average Bonchev–Trinajstić information content (AvgIpc) is 2.82. The molecule has 2 N–H and O–H groups in total. The number of nitrogens with one attached hydrogen (secondary N) is 2. The number of carbonyl (C=O) groups excluding carboxylic acids is 1. The molecule has 0 aromatic rings. The topological polar surface area (TPSA) is 41.1 Å². The van der Waals surface area contributed by atoms with Gasteiger partial charge >= 0.3 is 0 Å². The average molecular weight is 281 g/mol. The Bertz CT molecular complexity index is 211. The maximum atomic E-state index is 11.8. The van der Waals surface area contributed by atoms with Crippen LogP contribution in [0.3, 0.4) is 0 Å². The number of unbranched alkanes of at least 4 members (excludes halogenated alkanes) is 1. The third-order valence-electron chi connectivity index (χ3n) is 3.14. The van der Waals surface area contributed by atoms with Gasteiger partial charge in [0.2, 0.25) is 5.91 Å². The summed E-state index contributed by atoms with van der Waals surface area (Å²) in [6, 6.07) is 0.0358. The molecule has 1 amide bonds. The Morgan fingerprint density at radius 2 is 2.29 bits per heavy atom. The van der Waals surface area contributed by atoms with Crippen molar-refractivity contribution in [1.29, 1.82) is 0 Å². The molecule has 17 heavy (non-hydrogen) atoms. The fourth-order valence-corrected chi connectivity index (χ4v) is 2.82. The zero-order valence-corrected chi connectivity index (χ0v) is 12.5. The minimum absolute atomic E-state index is 0. The Hall–Kier alpha value is 0.0700. The normalized spacial score (nSPS) is 20.7. The molecule has 1 fully saturated rings. The molecule has 2 unspecified atom stereocenters. The van der Waals surface area contributed by atoms with Crippen LogP contribution in [0.25, 0.3) is 0 Å². The van der Waals surface area contributed by atoms with E-state index in [1.165, 1.54) is 19.3 Å². The zero-order valence-electron chi connectivity index (χ0n) is 10.8. The van der Waals surface area contributed by atoms with Gasteiger partial charge < -0.3 is 5.32 Å². The van der Waals surface area contributed by atoms with Gasteiger partial charge in [-0.1, -0.05) is 33.1 Å². The van der Waals surface area contributed by atoms with E-state index in [1.807, 2.05) is 0 Å². The molecule has 0 spiro atoms. The predicted molar refractivity (Wildman–Crippen MR) is 77.8 cm³/mol. The van der Waals surface area contributed by atoms with Gasteiger partial charge in [0, 0.05) is 18.2 Å². The molecule has 0 aromatic carbocycles. The molecule has 5 heteroatoms. The molecule has 1 aliphatic rings. The van der Waals surface area contributed by atoms with E-state index in [0.717, 1.165) is 24.6 Å². The summed E-state index contributed by atoms with van der Waals surface area (Å²) in [5.41, 5.74) is 0.